The highest BCUT2D eigenvalue weighted by Crippen LogP contribution is 2.42. The molecule has 0 saturated heterocycles. The van der Waals surface area contributed by atoms with Crippen LogP contribution in [0.4, 0.5) is 5.69 Å². The summed E-state index contributed by atoms with van der Waals surface area (Å²) < 4.78 is 0.934. The average Bonchev–Trinajstić information content (AvgIpc) is 3.22. The van der Waals surface area contributed by atoms with E-state index < -0.39 is 0 Å². The number of hydrogen-bond donors (Lipinski definition) is 3. The highest BCUT2D eigenvalue weighted by Gasteiger charge is 2.40. The summed E-state index contributed by atoms with van der Waals surface area (Å²) in [7, 11) is 0. The van der Waals surface area contributed by atoms with Crippen LogP contribution in [0.2, 0.25) is 0 Å². The highest BCUT2D eigenvalue weighted by molar-refractivity contribution is 7.21. The first-order valence-electron chi connectivity index (χ1n) is 7.77. The van der Waals surface area contributed by atoms with Crippen molar-refractivity contribution in [2.75, 3.05) is 5.73 Å². The number of thiophene rings is 1. The van der Waals surface area contributed by atoms with Gasteiger partial charge in [0, 0.05) is 29.7 Å². The van der Waals surface area contributed by atoms with E-state index >= 15 is 0 Å². The summed E-state index contributed by atoms with van der Waals surface area (Å²) in [5, 5.41) is 13.3. The second-order valence-corrected chi connectivity index (χ2v) is 7.24. The van der Waals surface area contributed by atoms with E-state index in [4.69, 9.17) is 5.73 Å². The van der Waals surface area contributed by atoms with Crippen LogP contribution in [0.1, 0.15) is 33.1 Å². The molecule has 2 unspecified atom stereocenters. The zero-order valence-electron chi connectivity index (χ0n) is 13.1. The van der Waals surface area contributed by atoms with Crippen molar-refractivity contribution in [1.82, 2.24) is 10.3 Å². The molecular formula is C18H17N3O2S. The lowest BCUT2D eigenvalue weighted by molar-refractivity contribution is 0.0955. The number of nitrogens with one attached hydrogen (secondary N) is 1. The minimum absolute atomic E-state index is 0.117. The molecule has 1 saturated carbocycles. The van der Waals surface area contributed by atoms with E-state index in [1.54, 1.807) is 24.5 Å². The van der Waals surface area contributed by atoms with Crippen molar-refractivity contribution in [3.63, 3.8) is 0 Å². The number of nitrogens with two attached hydrogens (primary N) is 1. The molecule has 1 amide bonds. The first-order valence-corrected chi connectivity index (χ1v) is 8.58. The predicted octanol–water partition coefficient (Wildman–Crippen LogP) is 3.18. The quantitative estimate of drug-likeness (QED) is 0.684. The number of carbonyl (C=O) groups is 1. The number of phenolic OH excluding ortho intramolecular Hbond substituents is 1. The topological polar surface area (TPSA) is 88.2 Å². The minimum atomic E-state index is -0.126. The predicted molar refractivity (Wildman–Crippen MR) is 95.5 cm³/mol. The van der Waals surface area contributed by atoms with Crippen LogP contribution in [-0.4, -0.2) is 22.0 Å². The number of nitrogen functional groups attached to an aromatic ring is 1. The monoisotopic (exact) mass is 339 g/mol. The van der Waals surface area contributed by atoms with Crippen LogP contribution in [0.25, 0.3) is 10.1 Å². The molecule has 0 radical (unpaired) electrons. The Kier molecular flexibility index (Phi) is 3.42. The second-order valence-electron chi connectivity index (χ2n) is 6.19. The van der Waals surface area contributed by atoms with Crippen LogP contribution in [0.3, 0.4) is 0 Å². The molecule has 0 spiro atoms. The number of rotatable bonds is 3. The van der Waals surface area contributed by atoms with E-state index in [1.165, 1.54) is 11.3 Å². The maximum atomic E-state index is 12.6. The van der Waals surface area contributed by atoms with Crippen LogP contribution in [0.5, 0.6) is 5.75 Å². The molecule has 4 N–H and O–H groups in total. The van der Waals surface area contributed by atoms with Crippen molar-refractivity contribution >= 4 is 33.0 Å². The largest absolute Gasteiger partial charge is 0.508 e. The number of phenols is 1. The van der Waals surface area contributed by atoms with Gasteiger partial charge in [-0.3, -0.25) is 9.78 Å². The summed E-state index contributed by atoms with van der Waals surface area (Å²) in [6.45, 7) is 1.95. The molecule has 2 aromatic heterocycles. The normalized spacial score (nSPS) is 19.4. The van der Waals surface area contributed by atoms with Gasteiger partial charge in [0.25, 0.3) is 5.91 Å². The van der Waals surface area contributed by atoms with Gasteiger partial charge < -0.3 is 16.2 Å². The van der Waals surface area contributed by atoms with Crippen LogP contribution < -0.4 is 11.1 Å². The summed E-state index contributed by atoms with van der Waals surface area (Å²) in [4.78, 5) is 17.3. The van der Waals surface area contributed by atoms with E-state index in [2.05, 4.69) is 10.3 Å². The van der Waals surface area contributed by atoms with Gasteiger partial charge in [-0.15, -0.1) is 11.3 Å². The van der Waals surface area contributed by atoms with Gasteiger partial charge in [-0.2, -0.15) is 0 Å². The molecule has 2 atom stereocenters. The molecule has 5 nitrogen and oxygen atoms in total. The molecule has 2 heterocycles. The van der Waals surface area contributed by atoms with E-state index in [0.717, 1.165) is 27.6 Å². The van der Waals surface area contributed by atoms with Gasteiger partial charge in [0.05, 0.1) is 10.4 Å². The third-order valence-corrected chi connectivity index (χ3v) is 5.60. The number of aryl methyl sites for hydroxylation is 1. The third kappa shape index (κ3) is 2.49. The van der Waals surface area contributed by atoms with Crippen molar-refractivity contribution in [2.45, 2.75) is 25.3 Å². The number of anilines is 1. The van der Waals surface area contributed by atoms with Gasteiger partial charge in [-0.05, 0) is 36.6 Å². The summed E-state index contributed by atoms with van der Waals surface area (Å²) in [5.74, 6) is 0.426. The molecule has 4 rings (SSSR count). The van der Waals surface area contributed by atoms with Crippen molar-refractivity contribution in [1.29, 1.82) is 0 Å². The second kappa shape index (κ2) is 5.49. The SMILES string of the molecule is Cc1cncc2sc(C(=O)NC3CC3c3ccc(O)cc3)c(N)c12. The van der Waals surface area contributed by atoms with Crippen LogP contribution in [-0.2, 0) is 0 Å². The molecular weight excluding hydrogens is 322 g/mol. The Hall–Kier alpha value is -2.60. The number of pyridine rings is 1. The summed E-state index contributed by atoms with van der Waals surface area (Å²) in [5.41, 5.74) is 8.84. The lowest BCUT2D eigenvalue weighted by Crippen LogP contribution is -2.26. The highest BCUT2D eigenvalue weighted by atomic mass is 32.1. The number of aromatic nitrogens is 1. The van der Waals surface area contributed by atoms with Gasteiger partial charge in [0.2, 0.25) is 0 Å². The number of benzene rings is 1. The molecule has 1 aliphatic rings. The summed E-state index contributed by atoms with van der Waals surface area (Å²) >= 11 is 1.38. The molecule has 0 aliphatic heterocycles. The molecule has 6 heteroatoms. The number of nitrogens with zero attached hydrogens (tertiary/aromatic N) is 1. The average molecular weight is 339 g/mol. The fourth-order valence-corrected chi connectivity index (χ4v) is 4.16. The van der Waals surface area contributed by atoms with E-state index in [9.17, 15) is 9.90 Å². The lowest BCUT2D eigenvalue weighted by Gasteiger charge is -2.05. The van der Waals surface area contributed by atoms with Gasteiger partial charge in [-0.25, -0.2) is 0 Å². The van der Waals surface area contributed by atoms with E-state index in [-0.39, 0.29) is 17.7 Å². The molecule has 3 aromatic rings. The Morgan fingerprint density at radius 2 is 2.08 bits per heavy atom. The zero-order chi connectivity index (χ0) is 16.8. The lowest BCUT2D eigenvalue weighted by atomic mass is 10.1. The number of amides is 1. The molecule has 24 heavy (non-hydrogen) atoms. The van der Waals surface area contributed by atoms with Crippen molar-refractivity contribution in [2.24, 2.45) is 0 Å². The Balaban J connectivity index is 1.53. The third-order valence-electron chi connectivity index (χ3n) is 4.46. The molecule has 1 aliphatic carbocycles. The van der Waals surface area contributed by atoms with Crippen LogP contribution in [0, 0.1) is 6.92 Å². The van der Waals surface area contributed by atoms with Crippen LogP contribution in [0.15, 0.2) is 36.7 Å². The maximum Gasteiger partial charge on any atom is 0.263 e. The van der Waals surface area contributed by atoms with Gasteiger partial charge in [0.1, 0.15) is 10.6 Å². The maximum absolute atomic E-state index is 12.6. The minimum Gasteiger partial charge on any atom is -0.508 e. The number of fused-ring (bicyclic) bond motifs is 1. The standard InChI is InChI=1S/C18H17N3O2S/c1-9-7-20-8-14-15(9)16(19)17(24-14)18(23)21-13-6-12(13)10-2-4-11(22)5-3-10/h2-5,7-8,12-13,22H,6,19H2,1H3,(H,21,23). The van der Waals surface area contributed by atoms with Crippen molar-refractivity contribution < 1.29 is 9.90 Å². The van der Waals surface area contributed by atoms with Gasteiger partial charge in [0.15, 0.2) is 0 Å². The van der Waals surface area contributed by atoms with E-state index in [0.29, 0.717) is 16.5 Å². The fraction of sp³-hybridized carbons (Fsp3) is 0.222. The number of carbonyl (C=O) groups excluding carboxylic acids is 1. The molecule has 1 aromatic carbocycles. The van der Waals surface area contributed by atoms with Crippen LogP contribution >= 0.6 is 11.3 Å². The fourth-order valence-electron chi connectivity index (χ4n) is 3.09. The van der Waals surface area contributed by atoms with Gasteiger partial charge in [-0.1, -0.05) is 12.1 Å². The molecule has 122 valence electrons. The van der Waals surface area contributed by atoms with Crippen molar-refractivity contribution in [3.05, 3.63) is 52.7 Å². The summed E-state index contributed by atoms with van der Waals surface area (Å²) in [6.07, 6.45) is 4.41. The zero-order valence-corrected chi connectivity index (χ0v) is 13.9. The Morgan fingerprint density at radius 3 is 2.79 bits per heavy atom. The van der Waals surface area contributed by atoms with Crippen molar-refractivity contribution in [3.8, 4) is 5.75 Å². The molecule has 0 bridgehead atoms. The number of hydrogen-bond acceptors (Lipinski definition) is 5. The van der Waals surface area contributed by atoms with Gasteiger partial charge >= 0.3 is 0 Å². The summed E-state index contributed by atoms with van der Waals surface area (Å²) in [6, 6.07) is 7.26. The molecule has 1 fully saturated rings. The van der Waals surface area contributed by atoms with E-state index in [1.807, 2.05) is 19.1 Å². The smallest absolute Gasteiger partial charge is 0.263 e. The Bertz CT molecular complexity index is 933. The first kappa shape index (κ1) is 15.0. The number of aromatic hydroxyl groups is 1. The Labute approximate surface area is 143 Å². The first-order chi connectivity index (χ1) is 11.5. The Morgan fingerprint density at radius 1 is 1.33 bits per heavy atom.